The Bertz CT molecular complexity index is 602. The molecule has 1 unspecified atom stereocenters. The summed E-state index contributed by atoms with van der Waals surface area (Å²) in [5, 5.41) is 13.0. The number of nitrogens with two attached hydrogens (primary N) is 1. The van der Waals surface area contributed by atoms with Crippen molar-refractivity contribution in [2.75, 3.05) is 19.6 Å². The Morgan fingerprint density at radius 3 is 3.05 bits per heavy atom. The third-order valence-electron chi connectivity index (χ3n) is 4.26. The summed E-state index contributed by atoms with van der Waals surface area (Å²) < 4.78 is 0. The first kappa shape index (κ1) is 14.0. The van der Waals surface area contributed by atoms with Gasteiger partial charge in [0.1, 0.15) is 0 Å². The van der Waals surface area contributed by atoms with E-state index in [9.17, 15) is 14.7 Å². The second-order valence-corrected chi connectivity index (χ2v) is 5.81. The number of rotatable bonds is 2. The Hall–Kier alpha value is -1.92. The van der Waals surface area contributed by atoms with Gasteiger partial charge in [0.25, 0.3) is 11.8 Å². The Labute approximate surface area is 122 Å². The van der Waals surface area contributed by atoms with Crippen molar-refractivity contribution in [2.24, 2.45) is 5.73 Å². The van der Waals surface area contributed by atoms with Crippen LogP contribution in [0.1, 0.15) is 39.1 Å². The van der Waals surface area contributed by atoms with Crippen LogP contribution in [0.15, 0.2) is 18.2 Å². The van der Waals surface area contributed by atoms with Crippen molar-refractivity contribution < 1.29 is 14.7 Å². The summed E-state index contributed by atoms with van der Waals surface area (Å²) in [6.45, 7) is 1.49. The average Bonchev–Trinajstić information content (AvgIpc) is 2.87. The van der Waals surface area contributed by atoms with Gasteiger partial charge >= 0.3 is 0 Å². The zero-order valence-corrected chi connectivity index (χ0v) is 11.8. The molecule has 4 N–H and O–H groups in total. The lowest BCUT2D eigenvalue weighted by Gasteiger charge is -2.38. The van der Waals surface area contributed by atoms with E-state index in [4.69, 9.17) is 5.73 Å². The van der Waals surface area contributed by atoms with Crippen LogP contribution in [0.25, 0.3) is 0 Å². The molecule has 2 aliphatic rings. The number of β-amino-alcohol motifs (C(OH)–C–C–N with tert-alkyl or cyclic N) is 1. The number of hydrogen-bond donors (Lipinski definition) is 3. The molecule has 3 rings (SSSR count). The molecule has 0 aliphatic carbocycles. The molecule has 1 fully saturated rings. The molecule has 6 nitrogen and oxygen atoms in total. The minimum atomic E-state index is -0.984. The van der Waals surface area contributed by atoms with Gasteiger partial charge in [-0.15, -0.1) is 0 Å². The molecule has 1 aromatic carbocycles. The lowest BCUT2D eigenvalue weighted by molar-refractivity contribution is -0.0176. The van der Waals surface area contributed by atoms with Gasteiger partial charge in [0.15, 0.2) is 0 Å². The van der Waals surface area contributed by atoms with E-state index in [1.807, 2.05) is 0 Å². The largest absolute Gasteiger partial charge is 0.387 e. The predicted octanol–water partition coefficient (Wildman–Crippen LogP) is -0.144. The minimum Gasteiger partial charge on any atom is -0.387 e. The van der Waals surface area contributed by atoms with Crippen LogP contribution in [0, 0.1) is 0 Å². The van der Waals surface area contributed by atoms with Gasteiger partial charge in [0.2, 0.25) is 0 Å². The summed E-state index contributed by atoms with van der Waals surface area (Å²) in [4.78, 5) is 25.7. The normalized spacial score (nSPS) is 24.7. The summed E-state index contributed by atoms with van der Waals surface area (Å²) in [5.74, 6) is -0.219. The smallest absolute Gasteiger partial charge is 0.253 e. The van der Waals surface area contributed by atoms with Gasteiger partial charge in [-0.05, 0) is 36.6 Å². The van der Waals surface area contributed by atoms with Gasteiger partial charge in [-0.3, -0.25) is 9.59 Å². The molecule has 0 saturated carbocycles. The number of hydrogen-bond acceptors (Lipinski definition) is 4. The van der Waals surface area contributed by atoms with Crippen molar-refractivity contribution in [3.63, 3.8) is 0 Å². The maximum absolute atomic E-state index is 12.6. The number of fused-ring (bicyclic) bond motifs is 1. The summed E-state index contributed by atoms with van der Waals surface area (Å²) in [5.41, 5.74) is 6.63. The molecule has 2 heterocycles. The van der Waals surface area contributed by atoms with Gasteiger partial charge in [-0.25, -0.2) is 0 Å². The standard InChI is InChI=1S/C15H19N3O3/c16-8-15(21)4-1-5-18(9-15)14(20)10-2-3-12-11(6-10)7-17-13(12)19/h2-3,6,21H,1,4-5,7-9,16H2,(H,17,19). The van der Waals surface area contributed by atoms with Gasteiger partial charge in [-0.2, -0.15) is 0 Å². The third-order valence-corrected chi connectivity index (χ3v) is 4.26. The second-order valence-electron chi connectivity index (χ2n) is 5.81. The van der Waals surface area contributed by atoms with Crippen molar-refractivity contribution in [1.82, 2.24) is 10.2 Å². The molecular formula is C15H19N3O3. The number of nitrogens with one attached hydrogen (secondary N) is 1. The Morgan fingerprint density at radius 1 is 1.48 bits per heavy atom. The Morgan fingerprint density at radius 2 is 2.29 bits per heavy atom. The first-order chi connectivity index (χ1) is 10.0. The van der Waals surface area contributed by atoms with E-state index in [0.717, 1.165) is 12.0 Å². The molecule has 1 saturated heterocycles. The molecule has 21 heavy (non-hydrogen) atoms. The molecule has 0 radical (unpaired) electrons. The zero-order chi connectivity index (χ0) is 15.0. The summed E-state index contributed by atoms with van der Waals surface area (Å²) in [6.07, 6.45) is 1.36. The molecule has 2 aliphatic heterocycles. The van der Waals surface area contributed by atoms with Gasteiger partial charge in [-0.1, -0.05) is 0 Å². The molecule has 112 valence electrons. The molecule has 2 amide bonds. The van der Waals surface area contributed by atoms with Gasteiger partial charge in [0.05, 0.1) is 12.1 Å². The highest BCUT2D eigenvalue weighted by Gasteiger charge is 2.34. The summed E-state index contributed by atoms with van der Waals surface area (Å²) >= 11 is 0. The number of carbonyl (C=O) groups is 2. The topological polar surface area (TPSA) is 95.7 Å². The number of likely N-dealkylation sites (tertiary alicyclic amines) is 1. The van der Waals surface area contributed by atoms with Crippen molar-refractivity contribution in [3.8, 4) is 0 Å². The van der Waals surface area contributed by atoms with Crippen LogP contribution in [-0.2, 0) is 6.54 Å². The van der Waals surface area contributed by atoms with Gasteiger partial charge in [0, 0.05) is 30.8 Å². The van der Waals surface area contributed by atoms with E-state index >= 15 is 0 Å². The molecule has 6 heteroatoms. The average molecular weight is 289 g/mol. The van der Waals surface area contributed by atoms with E-state index in [1.165, 1.54) is 0 Å². The molecule has 1 aromatic rings. The van der Waals surface area contributed by atoms with Crippen LogP contribution in [-0.4, -0.2) is 47.1 Å². The highest BCUT2D eigenvalue weighted by molar-refractivity contribution is 6.01. The van der Waals surface area contributed by atoms with Crippen LogP contribution in [0.4, 0.5) is 0 Å². The lowest BCUT2D eigenvalue weighted by atomic mass is 9.92. The molecule has 0 bridgehead atoms. The predicted molar refractivity (Wildman–Crippen MR) is 76.8 cm³/mol. The van der Waals surface area contributed by atoms with Gasteiger partial charge < -0.3 is 21.1 Å². The van der Waals surface area contributed by atoms with Crippen LogP contribution >= 0.6 is 0 Å². The maximum Gasteiger partial charge on any atom is 0.253 e. The lowest BCUT2D eigenvalue weighted by Crippen LogP contribution is -2.54. The molecule has 1 atom stereocenters. The van der Waals surface area contributed by atoms with Crippen molar-refractivity contribution in [2.45, 2.75) is 25.0 Å². The summed E-state index contributed by atoms with van der Waals surface area (Å²) in [7, 11) is 0. The second kappa shape index (κ2) is 5.13. The minimum absolute atomic E-state index is 0.0977. The maximum atomic E-state index is 12.6. The first-order valence-electron chi connectivity index (χ1n) is 7.15. The van der Waals surface area contributed by atoms with Crippen LogP contribution in [0.5, 0.6) is 0 Å². The Balaban J connectivity index is 1.81. The van der Waals surface area contributed by atoms with Crippen molar-refractivity contribution in [3.05, 3.63) is 34.9 Å². The fourth-order valence-electron chi connectivity index (χ4n) is 3.00. The fourth-order valence-corrected chi connectivity index (χ4v) is 3.00. The number of nitrogens with zero attached hydrogens (tertiary/aromatic N) is 1. The van der Waals surface area contributed by atoms with E-state index in [-0.39, 0.29) is 24.9 Å². The number of carbonyl (C=O) groups excluding carboxylic acids is 2. The number of benzene rings is 1. The SMILES string of the molecule is NCC1(O)CCCN(C(=O)c2ccc3c(c2)CNC3=O)C1. The first-order valence-corrected chi connectivity index (χ1v) is 7.15. The van der Waals surface area contributed by atoms with E-state index in [2.05, 4.69) is 5.32 Å². The summed E-state index contributed by atoms with van der Waals surface area (Å²) in [6, 6.07) is 5.11. The van der Waals surface area contributed by atoms with Crippen molar-refractivity contribution in [1.29, 1.82) is 0 Å². The van der Waals surface area contributed by atoms with E-state index < -0.39 is 5.60 Å². The van der Waals surface area contributed by atoms with E-state index in [0.29, 0.717) is 30.6 Å². The quantitative estimate of drug-likeness (QED) is 0.706. The van der Waals surface area contributed by atoms with Crippen LogP contribution < -0.4 is 11.1 Å². The number of aliphatic hydroxyl groups is 1. The monoisotopic (exact) mass is 289 g/mol. The fraction of sp³-hybridized carbons (Fsp3) is 0.467. The molecule has 0 spiro atoms. The molecule has 0 aromatic heterocycles. The highest BCUT2D eigenvalue weighted by atomic mass is 16.3. The number of amides is 2. The Kier molecular flexibility index (Phi) is 3.43. The number of piperidine rings is 1. The molecular weight excluding hydrogens is 270 g/mol. The van der Waals surface area contributed by atoms with Crippen LogP contribution in [0.3, 0.4) is 0 Å². The van der Waals surface area contributed by atoms with Crippen molar-refractivity contribution >= 4 is 11.8 Å². The van der Waals surface area contributed by atoms with E-state index in [1.54, 1.807) is 23.1 Å². The third kappa shape index (κ3) is 2.52. The van der Waals surface area contributed by atoms with Crippen LogP contribution in [0.2, 0.25) is 0 Å². The zero-order valence-electron chi connectivity index (χ0n) is 11.8. The highest BCUT2D eigenvalue weighted by Crippen LogP contribution is 2.23.